The Morgan fingerprint density at radius 1 is 1.00 bits per heavy atom. The van der Waals surface area contributed by atoms with Gasteiger partial charge in [0.25, 0.3) is 0 Å². The number of ether oxygens (including phenoxy) is 2. The smallest absolute Gasteiger partial charge is 0.120 e. The van der Waals surface area contributed by atoms with E-state index in [1.807, 2.05) is 48.6 Å². The first kappa shape index (κ1) is 14.8. The summed E-state index contributed by atoms with van der Waals surface area (Å²) in [6, 6.07) is 19.3. The Hall–Kier alpha value is -2.57. The fourth-order valence-corrected chi connectivity index (χ4v) is 1.77. The second-order valence-electron chi connectivity index (χ2n) is 4.38. The Kier molecular flexibility index (Phi) is 6.05. The van der Waals surface area contributed by atoms with Gasteiger partial charge in [-0.15, -0.1) is 0 Å². The zero-order valence-electron chi connectivity index (χ0n) is 11.7. The molecule has 0 aliphatic heterocycles. The van der Waals surface area contributed by atoms with Gasteiger partial charge < -0.3 is 9.47 Å². The maximum Gasteiger partial charge on any atom is 0.120 e. The largest absolute Gasteiger partial charge is 0.491 e. The molecule has 0 aliphatic rings. The van der Waals surface area contributed by atoms with Crippen molar-refractivity contribution in [3.8, 4) is 11.8 Å². The normalized spacial score (nSPS) is 10.4. The molecule has 21 heavy (non-hydrogen) atoms. The Morgan fingerprint density at radius 3 is 2.67 bits per heavy atom. The Labute approximate surface area is 125 Å². The van der Waals surface area contributed by atoms with E-state index >= 15 is 0 Å². The summed E-state index contributed by atoms with van der Waals surface area (Å²) in [6.45, 7) is 1.53. The Morgan fingerprint density at radius 2 is 1.86 bits per heavy atom. The highest BCUT2D eigenvalue weighted by molar-refractivity contribution is 5.48. The molecule has 0 radical (unpaired) electrons. The predicted octanol–water partition coefficient (Wildman–Crippen LogP) is 3.67. The highest BCUT2D eigenvalue weighted by Crippen LogP contribution is 2.12. The van der Waals surface area contributed by atoms with Crippen LogP contribution in [0.3, 0.4) is 0 Å². The van der Waals surface area contributed by atoms with Crippen molar-refractivity contribution < 1.29 is 9.47 Å². The molecule has 3 nitrogen and oxygen atoms in total. The third-order valence-corrected chi connectivity index (χ3v) is 2.78. The summed E-state index contributed by atoms with van der Waals surface area (Å²) >= 11 is 0. The average molecular weight is 279 g/mol. The molecule has 0 N–H and O–H groups in total. The molecule has 2 aromatic rings. The van der Waals surface area contributed by atoms with Crippen LogP contribution in [-0.4, -0.2) is 19.8 Å². The molecule has 2 rings (SSSR count). The van der Waals surface area contributed by atoms with Gasteiger partial charge in [0.1, 0.15) is 12.4 Å². The van der Waals surface area contributed by atoms with E-state index in [-0.39, 0.29) is 0 Å². The van der Waals surface area contributed by atoms with Gasteiger partial charge in [0, 0.05) is 0 Å². The fraction of sp³-hybridized carbons (Fsp3) is 0.167. The lowest BCUT2D eigenvalue weighted by Crippen LogP contribution is -2.06. The lowest BCUT2D eigenvalue weighted by atomic mass is 10.2. The molecule has 0 bridgehead atoms. The number of hydrogen-bond donors (Lipinski definition) is 0. The number of nitriles is 1. The first-order valence-electron chi connectivity index (χ1n) is 6.81. The third kappa shape index (κ3) is 5.52. The number of benzene rings is 2. The quantitative estimate of drug-likeness (QED) is 0.726. The maximum atomic E-state index is 8.79. The number of nitrogens with zero attached hydrogens (tertiary/aromatic N) is 1. The van der Waals surface area contributed by atoms with Gasteiger partial charge in [-0.25, -0.2) is 0 Å². The minimum absolute atomic E-state index is 0.466. The van der Waals surface area contributed by atoms with Crippen molar-refractivity contribution in [2.24, 2.45) is 0 Å². The minimum atomic E-state index is 0.466. The molecule has 0 saturated carbocycles. The van der Waals surface area contributed by atoms with E-state index in [2.05, 4.69) is 6.07 Å². The second-order valence-corrected chi connectivity index (χ2v) is 4.38. The van der Waals surface area contributed by atoms with Crippen LogP contribution in [0, 0.1) is 11.3 Å². The van der Waals surface area contributed by atoms with Crippen LogP contribution < -0.4 is 4.74 Å². The summed E-state index contributed by atoms with van der Waals surface area (Å²) in [5, 5.41) is 8.79. The van der Waals surface area contributed by atoms with Crippen LogP contribution in [-0.2, 0) is 4.74 Å². The van der Waals surface area contributed by atoms with E-state index in [0.717, 1.165) is 5.56 Å². The van der Waals surface area contributed by atoms with Crippen LogP contribution in [0.2, 0.25) is 0 Å². The zero-order valence-corrected chi connectivity index (χ0v) is 11.7. The first-order chi connectivity index (χ1) is 10.4. The molecule has 0 fully saturated rings. The van der Waals surface area contributed by atoms with E-state index in [1.165, 1.54) is 0 Å². The van der Waals surface area contributed by atoms with Gasteiger partial charge in [0.15, 0.2) is 0 Å². The van der Waals surface area contributed by atoms with Gasteiger partial charge in [-0.2, -0.15) is 5.26 Å². The monoisotopic (exact) mass is 279 g/mol. The molecule has 0 aliphatic carbocycles. The van der Waals surface area contributed by atoms with E-state index in [1.54, 1.807) is 18.2 Å². The molecule has 0 saturated heterocycles. The van der Waals surface area contributed by atoms with Crippen LogP contribution in [0.4, 0.5) is 0 Å². The predicted molar refractivity (Wildman–Crippen MR) is 82.9 cm³/mol. The molecule has 2 aromatic carbocycles. The summed E-state index contributed by atoms with van der Waals surface area (Å²) in [5.41, 5.74) is 1.75. The molecule has 0 spiro atoms. The van der Waals surface area contributed by atoms with Crippen LogP contribution in [0.1, 0.15) is 11.1 Å². The lowest BCUT2D eigenvalue weighted by molar-refractivity contribution is 0.121. The van der Waals surface area contributed by atoms with Crippen LogP contribution in [0.5, 0.6) is 5.75 Å². The molecule has 3 heteroatoms. The van der Waals surface area contributed by atoms with Gasteiger partial charge in [-0.05, 0) is 23.8 Å². The standard InChI is InChI=1S/C18H17NO2/c19-15-17-8-4-10-18(14-17)21-13-12-20-11-5-9-16-6-2-1-3-7-16/h1-10,14H,11-13H2/b9-5+. The summed E-state index contributed by atoms with van der Waals surface area (Å²) in [6.07, 6.45) is 4.00. The van der Waals surface area contributed by atoms with Crippen LogP contribution in [0.15, 0.2) is 60.7 Å². The highest BCUT2D eigenvalue weighted by Gasteiger charge is 1.95. The molecular weight excluding hydrogens is 262 g/mol. The minimum Gasteiger partial charge on any atom is -0.491 e. The molecule has 0 aromatic heterocycles. The van der Waals surface area contributed by atoms with E-state index in [4.69, 9.17) is 14.7 Å². The molecule has 0 amide bonds. The summed E-state index contributed by atoms with van der Waals surface area (Å²) < 4.78 is 11.0. The first-order valence-corrected chi connectivity index (χ1v) is 6.81. The van der Waals surface area contributed by atoms with Crippen LogP contribution in [0.25, 0.3) is 6.08 Å². The van der Waals surface area contributed by atoms with Gasteiger partial charge in [0.05, 0.1) is 24.8 Å². The topological polar surface area (TPSA) is 42.2 Å². The van der Waals surface area contributed by atoms with Crippen molar-refractivity contribution in [1.82, 2.24) is 0 Å². The summed E-state index contributed by atoms with van der Waals surface area (Å²) in [7, 11) is 0. The molecule has 0 atom stereocenters. The third-order valence-electron chi connectivity index (χ3n) is 2.78. The molecular formula is C18H17NO2. The number of rotatable bonds is 7. The van der Waals surface area contributed by atoms with Crippen molar-refractivity contribution in [2.75, 3.05) is 19.8 Å². The van der Waals surface area contributed by atoms with Gasteiger partial charge in [0.2, 0.25) is 0 Å². The SMILES string of the molecule is N#Cc1cccc(OCCOC/C=C/c2ccccc2)c1. The molecule has 106 valence electrons. The maximum absolute atomic E-state index is 8.79. The lowest BCUT2D eigenvalue weighted by Gasteiger charge is -2.06. The van der Waals surface area contributed by atoms with Crippen molar-refractivity contribution in [1.29, 1.82) is 5.26 Å². The van der Waals surface area contributed by atoms with Gasteiger partial charge in [-0.1, -0.05) is 48.6 Å². The van der Waals surface area contributed by atoms with E-state index in [0.29, 0.717) is 31.1 Å². The zero-order chi connectivity index (χ0) is 14.8. The molecule has 0 unspecified atom stereocenters. The Balaban J connectivity index is 1.62. The Bertz CT molecular complexity index is 615. The van der Waals surface area contributed by atoms with Gasteiger partial charge in [-0.3, -0.25) is 0 Å². The van der Waals surface area contributed by atoms with Crippen molar-refractivity contribution in [3.63, 3.8) is 0 Å². The van der Waals surface area contributed by atoms with Gasteiger partial charge >= 0.3 is 0 Å². The second kappa shape index (κ2) is 8.57. The van der Waals surface area contributed by atoms with Crippen molar-refractivity contribution in [3.05, 3.63) is 71.8 Å². The fourth-order valence-electron chi connectivity index (χ4n) is 1.77. The van der Waals surface area contributed by atoms with E-state index in [9.17, 15) is 0 Å². The summed E-state index contributed by atoms with van der Waals surface area (Å²) in [4.78, 5) is 0. The van der Waals surface area contributed by atoms with Crippen LogP contribution >= 0.6 is 0 Å². The van der Waals surface area contributed by atoms with E-state index < -0.39 is 0 Å². The van der Waals surface area contributed by atoms with Crippen molar-refractivity contribution >= 4 is 6.08 Å². The highest BCUT2D eigenvalue weighted by atomic mass is 16.5. The summed E-state index contributed by atoms with van der Waals surface area (Å²) in [5.74, 6) is 0.692. The molecule has 0 heterocycles. The number of hydrogen-bond acceptors (Lipinski definition) is 3. The van der Waals surface area contributed by atoms with Crippen molar-refractivity contribution in [2.45, 2.75) is 0 Å². The average Bonchev–Trinajstić information content (AvgIpc) is 2.55.